The fraction of sp³-hybridized carbons (Fsp3) is 0.846. The zero-order valence-electron chi connectivity index (χ0n) is 12.3. The zero-order valence-corrected chi connectivity index (χ0v) is 13.1. The molecular weight excluding hydrogens is 272 g/mol. The van der Waals surface area contributed by atoms with Crippen molar-refractivity contribution in [1.82, 2.24) is 20.2 Å². The standard InChI is InChI=1S/C13H24N6S/c1-13(2,11(14)15)8-5-9-20-12-16-17-18-19(12)10-6-3-4-7-10/h10H,3-9H2,1-2H3,(H3,14,15). The summed E-state index contributed by atoms with van der Waals surface area (Å²) in [6.07, 6.45) is 6.86. The molecule has 0 unspecified atom stereocenters. The summed E-state index contributed by atoms with van der Waals surface area (Å²) < 4.78 is 1.99. The topological polar surface area (TPSA) is 93.5 Å². The van der Waals surface area contributed by atoms with Crippen LogP contribution < -0.4 is 5.73 Å². The highest BCUT2D eigenvalue weighted by atomic mass is 32.2. The van der Waals surface area contributed by atoms with Gasteiger partial charge >= 0.3 is 0 Å². The van der Waals surface area contributed by atoms with Gasteiger partial charge in [-0.2, -0.15) is 0 Å². The minimum absolute atomic E-state index is 0.210. The van der Waals surface area contributed by atoms with Gasteiger partial charge in [0.15, 0.2) is 0 Å². The second kappa shape index (κ2) is 6.56. The Morgan fingerprint density at radius 2 is 2.15 bits per heavy atom. The van der Waals surface area contributed by atoms with Gasteiger partial charge in [0.25, 0.3) is 0 Å². The minimum Gasteiger partial charge on any atom is -0.387 e. The van der Waals surface area contributed by atoms with Crippen LogP contribution in [0.3, 0.4) is 0 Å². The number of aromatic nitrogens is 4. The van der Waals surface area contributed by atoms with Crippen molar-refractivity contribution in [2.45, 2.75) is 63.6 Å². The maximum atomic E-state index is 7.55. The lowest BCUT2D eigenvalue weighted by atomic mass is 9.87. The van der Waals surface area contributed by atoms with E-state index in [9.17, 15) is 0 Å². The Bertz CT molecular complexity index is 449. The number of rotatable bonds is 7. The molecule has 0 spiro atoms. The van der Waals surface area contributed by atoms with E-state index in [-0.39, 0.29) is 11.3 Å². The molecule has 0 bridgehead atoms. The average Bonchev–Trinajstić information content (AvgIpc) is 3.04. The molecule has 1 saturated carbocycles. The second-order valence-electron chi connectivity index (χ2n) is 6.09. The summed E-state index contributed by atoms with van der Waals surface area (Å²) in [6.45, 7) is 4.03. The number of nitrogens with two attached hydrogens (primary N) is 1. The molecule has 2 rings (SSSR count). The molecule has 1 heterocycles. The molecule has 7 heteroatoms. The third kappa shape index (κ3) is 3.71. The Morgan fingerprint density at radius 3 is 2.80 bits per heavy atom. The van der Waals surface area contributed by atoms with Crippen molar-refractivity contribution in [2.75, 3.05) is 5.75 Å². The predicted octanol–water partition coefficient (Wildman–Crippen LogP) is 2.62. The molecule has 0 aromatic carbocycles. The highest BCUT2D eigenvalue weighted by molar-refractivity contribution is 7.99. The number of thioether (sulfide) groups is 1. The van der Waals surface area contributed by atoms with Crippen molar-refractivity contribution in [3.05, 3.63) is 0 Å². The molecule has 112 valence electrons. The molecule has 20 heavy (non-hydrogen) atoms. The Labute approximate surface area is 124 Å². The van der Waals surface area contributed by atoms with Crippen molar-refractivity contribution < 1.29 is 0 Å². The van der Waals surface area contributed by atoms with E-state index >= 15 is 0 Å². The SMILES string of the molecule is CC(C)(CCCSc1nnnn1C1CCCC1)C(=N)N. The van der Waals surface area contributed by atoms with Crippen LogP contribution in [-0.4, -0.2) is 31.8 Å². The molecule has 1 aromatic rings. The molecule has 0 radical (unpaired) electrons. The first kappa shape index (κ1) is 15.3. The van der Waals surface area contributed by atoms with Gasteiger partial charge in [0.1, 0.15) is 0 Å². The maximum absolute atomic E-state index is 7.55. The van der Waals surface area contributed by atoms with E-state index in [4.69, 9.17) is 11.1 Å². The van der Waals surface area contributed by atoms with Crippen molar-refractivity contribution in [3.8, 4) is 0 Å². The monoisotopic (exact) mass is 296 g/mol. The molecule has 0 atom stereocenters. The van der Waals surface area contributed by atoms with E-state index in [0.29, 0.717) is 6.04 Å². The van der Waals surface area contributed by atoms with E-state index in [1.165, 1.54) is 25.7 Å². The van der Waals surface area contributed by atoms with Gasteiger partial charge in [-0.3, -0.25) is 5.41 Å². The second-order valence-corrected chi connectivity index (χ2v) is 7.16. The average molecular weight is 296 g/mol. The fourth-order valence-corrected chi connectivity index (χ4v) is 3.35. The van der Waals surface area contributed by atoms with Crippen molar-refractivity contribution >= 4 is 17.6 Å². The van der Waals surface area contributed by atoms with Gasteiger partial charge in [-0.05, 0) is 36.1 Å². The first-order valence-electron chi connectivity index (χ1n) is 7.26. The van der Waals surface area contributed by atoms with Crippen LogP contribution in [-0.2, 0) is 0 Å². The smallest absolute Gasteiger partial charge is 0.209 e. The predicted molar refractivity (Wildman–Crippen MR) is 81.0 cm³/mol. The molecule has 1 aliphatic rings. The Hall–Kier alpha value is -1.11. The first-order valence-corrected chi connectivity index (χ1v) is 8.24. The van der Waals surface area contributed by atoms with Crippen LogP contribution in [0.25, 0.3) is 0 Å². The molecule has 1 aromatic heterocycles. The molecule has 0 aliphatic heterocycles. The van der Waals surface area contributed by atoms with Crippen LogP contribution in [0.1, 0.15) is 58.4 Å². The van der Waals surface area contributed by atoms with Crippen LogP contribution in [0, 0.1) is 10.8 Å². The third-order valence-electron chi connectivity index (χ3n) is 4.04. The number of hydrogen-bond acceptors (Lipinski definition) is 5. The molecule has 0 saturated heterocycles. The van der Waals surface area contributed by atoms with Crippen LogP contribution in [0.2, 0.25) is 0 Å². The summed E-state index contributed by atoms with van der Waals surface area (Å²) in [6, 6.07) is 0.487. The molecule has 1 aliphatic carbocycles. The Morgan fingerprint density at radius 1 is 1.45 bits per heavy atom. The molecule has 6 nitrogen and oxygen atoms in total. The van der Waals surface area contributed by atoms with Gasteiger partial charge in [-0.25, -0.2) is 4.68 Å². The van der Waals surface area contributed by atoms with Crippen LogP contribution >= 0.6 is 11.8 Å². The van der Waals surface area contributed by atoms with Gasteiger partial charge in [0.2, 0.25) is 5.16 Å². The lowest BCUT2D eigenvalue weighted by molar-refractivity contribution is 0.422. The van der Waals surface area contributed by atoms with E-state index < -0.39 is 0 Å². The summed E-state index contributed by atoms with van der Waals surface area (Å²) in [7, 11) is 0. The quantitative estimate of drug-likeness (QED) is 0.349. The van der Waals surface area contributed by atoms with Crippen molar-refractivity contribution in [3.63, 3.8) is 0 Å². The lowest BCUT2D eigenvalue weighted by Crippen LogP contribution is -2.30. The number of nitrogens with zero attached hydrogens (tertiary/aromatic N) is 4. The highest BCUT2D eigenvalue weighted by Gasteiger charge is 2.23. The summed E-state index contributed by atoms with van der Waals surface area (Å²) in [5.74, 6) is 1.22. The number of nitrogens with one attached hydrogen (secondary N) is 1. The highest BCUT2D eigenvalue weighted by Crippen LogP contribution is 2.32. The Kier molecular flexibility index (Phi) is 5.01. The summed E-state index contributed by atoms with van der Waals surface area (Å²) in [4.78, 5) is 0. The zero-order chi connectivity index (χ0) is 14.6. The maximum Gasteiger partial charge on any atom is 0.209 e. The summed E-state index contributed by atoms with van der Waals surface area (Å²) >= 11 is 1.71. The van der Waals surface area contributed by atoms with E-state index in [1.807, 2.05) is 18.5 Å². The van der Waals surface area contributed by atoms with Crippen LogP contribution in [0.5, 0.6) is 0 Å². The summed E-state index contributed by atoms with van der Waals surface area (Å²) in [5.41, 5.74) is 5.38. The van der Waals surface area contributed by atoms with Crippen LogP contribution in [0.15, 0.2) is 5.16 Å². The van der Waals surface area contributed by atoms with Crippen molar-refractivity contribution in [1.29, 1.82) is 5.41 Å². The summed E-state index contributed by atoms with van der Waals surface area (Å²) in [5, 5.41) is 20.6. The van der Waals surface area contributed by atoms with Gasteiger partial charge in [0, 0.05) is 11.2 Å². The van der Waals surface area contributed by atoms with Gasteiger partial charge < -0.3 is 5.73 Å². The number of amidine groups is 1. The molecule has 3 N–H and O–H groups in total. The molecule has 0 amide bonds. The fourth-order valence-electron chi connectivity index (χ4n) is 2.47. The van der Waals surface area contributed by atoms with Gasteiger partial charge in [-0.1, -0.05) is 38.5 Å². The van der Waals surface area contributed by atoms with Gasteiger partial charge in [0.05, 0.1) is 11.9 Å². The lowest BCUT2D eigenvalue weighted by Gasteiger charge is -2.22. The number of tetrazole rings is 1. The number of hydrogen-bond donors (Lipinski definition) is 2. The van der Waals surface area contributed by atoms with Gasteiger partial charge in [-0.15, -0.1) is 5.10 Å². The third-order valence-corrected chi connectivity index (χ3v) is 5.06. The van der Waals surface area contributed by atoms with Crippen LogP contribution in [0.4, 0.5) is 0 Å². The largest absolute Gasteiger partial charge is 0.387 e. The van der Waals surface area contributed by atoms with Crippen molar-refractivity contribution in [2.24, 2.45) is 11.1 Å². The van der Waals surface area contributed by atoms with E-state index in [0.717, 1.165) is 23.8 Å². The first-order chi connectivity index (χ1) is 9.50. The Balaban J connectivity index is 1.80. The van der Waals surface area contributed by atoms with E-state index in [2.05, 4.69) is 15.5 Å². The minimum atomic E-state index is -0.210. The normalized spacial score (nSPS) is 16.7. The van der Waals surface area contributed by atoms with E-state index in [1.54, 1.807) is 11.8 Å². The molecule has 1 fully saturated rings. The molecular formula is C13H24N6S.